The van der Waals surface area contributed by atoms with Crippen molar-refractivity contribution in [1.82, 2.24) is 0 Å². The fraction of sp³-hybridized carbons (Fsp3) is 0.667. The van der Waals surface area contributed by atoms with E-state index in [9.17, 15) is 4.79 Å². The van der Waals surface area contributed by atoms with Crippen LogP contribution in [0.3, 0.4) is 0 Å². The number of carbonyl (C=O) groups is 1. The molecule has 0 aliphatic carbocycles. The molecular formula is C21H34O4. The lowest BCUT2D eigenvalue weighted by molar-refractivity contribution is 0.0504. The molecule has 25 heavy (non-hydrogen) atoms. The number of esters is 1. The van der Waals surface area contributed by atoms with Crippen LogP contribution in [0.1, 0.15) is 75.6 Å². The van der Waals surface area contributed by atoms with Crippen LogP contribution in [0.25, 0.3) is 0 Å². The Bertz CT molecular complexity index is 467. The molecule has 1 aromatic carbocycles. The topological polar surface area (TPSA) is 44.8 Å². The summed E-state index contributed by atoms with van der Waals surface area (Å²) < 4.78 is 15.5. The molecule has 0 N–H and O–H groups in total. The van der Waals surface area contributed by atoms with E-state index < -0.39 is 0 Å². The fourth-order valence-corrected chi connectivity index (χ4v) is 2.70. The Kier molecular flexibility index (Phi) is 11.8. The maximum Gasteiger partial charge on any atom is 0.338 e. The Morgan fingerprint density at radius 2 is 2.04 bits per heavy atom. The van der Waals surface area contributed by atoms with Gasteiger partial charge in [0.05, 0.1) is 25.4 Å². The minimum atomic E-state index is -0.300. The number of ether oxygens (including phenoxy) is 3. The molecule has 1 unspecified atom stereocenters. The summed E-state index contributed by atoms with van der Waals surface area (Å²) in [6, 6.07) is 6.93. The van der Waals surface area contributed by atoms with Crippen LogP contribution in [0, 0.1) is 0 Å². The van der Waals surface area contributed by atoms with Crippen molar-refractivity contribution < 1.29 is 19.0 Å². The van der Waals surface area contributed by atoms with E-state index in [2.05, 4.69) is 6.92 Å². The highest BCUT2D eigenvalue weighted by molar-refractivity contribution is 5.89. The average Bonchev–Trinajstić information content (AvgIpc) is 3.17. The summed E-state index contributed by atoms with van der Waals surface area (Å²) in [5.41, 5.74) is 0.526. The molecule has 0 amide bonds. The zero-order chi connectivity index (χ0) is 18.3. The van der Waals surface area contributed by atoms with E-state index in [4.69, 9.17) is 14.2 Å². The third kappa shape index (κ3) is 9.49. The van der Waals surface area contributed by atoms with E-state index in [0.29, 0.717) is 24.0 Å². The molecule has 4 nitrogen and oxygen atoms in total. The molecule has 1 fully saturated rings. The predicted octanol–water partition coefficient (Wildman–Crippen LogP) is 5.40. The van der Waals surface area contributed by atoms with Gasteiger partial charge >= 0.3 is 5.97 Å². The van der Waals surface area contributed by atoms with Gasteiger partial charge < -0.3 is 14.2 Å². The van der Waals surface area contributed by atoms with Gasteiger partial charge in [-0.3, -0.25) is 0 Å². The van der Waals surface area contributed by atoms with Crippen LogP contribution in [-0.2, 0) is 9.47 Å². The molecule has 1 heterocycles. The second-order valence-electron chi connectivity index (χ2n) is 6.35. The van der Waals surface area contributed by atoms with Crippen molar-refractivity contribution in [3.8, 4) is 5.75 Å². The zero-order valence-electron chi connectivity index (χ0n) is 16.1. The van der Waals surface area contributed by atoms with Crippen molar-refractivity contribution in [2.45, 2.75) is 71.3 Å². The van der Waals surface area contributed by atoms with E-state index >= 15 is 0 Å². The molecular weight excluding hydrogens is 316 g/mol. The van der Waals surface area contributed by atoms with Crippen molar-refractivity contribution in [2.75, 3.05) is 20.3 Å². The predicted molar refractivity (Wildman–Crippen MR) is 101 cm³/mol. The van der Waals surface area contributed by atoms with Crippen molar-refractivity contribution in [3.05, 3.63) is 29.8 Å². The van der Waals surface area contributed by atoms with Crippen LogP contribution in [-0.4, -0.2) is 32.4 Å². The normalized spacial score (nSPS) is 16.0. The van der Waals surface area contributed by atoms with Gasteiger partial charge in [0.15, 0.2) is 0 Å². The quantitative estimate of drug-likeness (QED) is 0.442. The minimum Gasteiger partial charge on any atom is -0.497 e. The Morgan fingerprint density at radius 1 is 1.20 bits per heavy atom. The lowest BCUT2D eigenvalue weighted by Gasteiger charge is -2.07. The largest absolute Gasteiger partial charge is 0.497 e. The third-order valence-electron chi connectivity index (χ3n) is 4.15. The number of hydrogen-bond donors (Lipinski definition) is 0. The van der Waals surface area contributed by atoms with E-state index in [1.54, 1.807) is 31.4 Å². The first kappa shape index (κ1) is 21.5. The molecule has 142 valence electrons. The molecule has 1 aliphatic heterocycles. The molecule has 2 rings (SSSR count). The number of unbranched alkanes of at least 4 members (excludes halogenated alkanes) is 3. The molecule has 1 aliphatic rings. The third-order valence-corrected chi connectivity index (χ3v) is 4.15. The fourth-order valence-electron chi connectivity index (χ4n) is 2.70. The van der Waals surface area contributed by atoms with Crippen molar-refractivity contribution in [3.63, 3.8) is 0 Å². The Labute approximate surface area is 152 Å². The van der Waals surface area contributed by atoms with Gasteiger partial charge in [0.2, 0.25) is 0 Å². The summed E-state index contributed by atoms with van der Waals surface area (Å²) in [7, 11) is 1.57. The van der Waals surface area contributed by atoms with Crippen LogP contribution in [0.5, 0.6) is 5.75 Å². The van der Waals surface area contributed by atoms with Gasteiger partial charge in [-0.25, -0.2) is 4.79 Å². The summed E-state index contributed by atoms with van der Waals surface area (Å²) in [6.07, 6.45) is 10.9. The van der Waals surface area contributed by atoms with E-state index in [1.165, 1.54) is 44.9 Å². The van der Waals surface area contributed by atoms with E-state index in [0.717, 1.165) is 13.0 Å². The standard InChI is InChI=1S/C11H14O3.C10H20O/c1-3-7-14-11(12)9-5-4-6-10(8-9)13-2;1-2-3-4-5-7-10-8-6-9-11-10/h4-6,8H,3,7H2,1-2H3;10H,2-9H2,1H3. The highest BCUT2D eigenvalue weighted by Gasteiger charge is 2.13. The SMILES string of the molecule is CCCCCCC1CCCO1.CCCOC(=O)c1cccc(OC)c1. The number of rotatable bonds is 9. The maximum absolute atomic E-state index is 11.4. The average molecular weight is 350 g/mol. The molecule has 1 aromatic rings. The summed E-state index contributed by atoms with van der Waals surface area (Å²) in [5.74, 6) is 0.363. The Morgan fingerprint density at radius 3 is 2.68 bits per heavy atom. The highest BCUT2D eigenvalue weighted by Crippen LogP contribution is 2.18. The second-order valence-corrected chi connectivity index (χ2v) is 6.35. The van der Waals surface area contributed by atoms with Crippen molar-refractivity contribution in [1.29, 1.82) is 0 Å². The van der Waals surface area contributed by atoms with Gasteiger partial charge in [-0.1, -0.05) is 45.6 Å². The maximum atomic E-state index is 11.4. The molecule has 1 saturated heterocycles. The first-order valence-corrected chi connectivity index (χ1v) is 9.64. The van der Waals surface area contributed by atoms with Crippen LogP contribution in [0.15, 0.2) is 24.3 Å². The molecule has 0 bridgehead atoms. The van der Waals surface area contributed by atoms with Crippen LogP contribution in [0.2, 0.25) is 0 Å². The molecule has 1 atom stereocenters. The second kappa shape index (κ2) is 13.7. The monoisotopic (exact) mass is 350 g/mol. The Hall–Kier alpha value is -1.55. The molecule has 0 radical (unpaired) electrons. The summed E-state index contributed by atoms with van der Waals surface area (Å²) in [4.78, 5) is 11.4. The van der Waals surface area contributed by atoms with Gasteiger partial charge in [0.25, 0.3) is 0 Å². The molecule has 0 saturated carbocycles. The lowest BCUT2D eigenvalue weighted by atomic mass is 10.1. The number of hydrogen-bond acceptors (Lipinski definition) is 4. The van der Waals surface area contributed by atoms with Gasteiger partial charge in [0.1, 0.15) is 5.75 Å². The number of methoxy groups -OCH3 is 1. The molecule has 4 heteroatoms. The summed E-state index contributed by atoms with van der Waals surface area (Å²) in [5, 5.41) is 0. The zero-order valence-corrected chi connectivity index (χ0v) is 16.1. The number of benzene rings is 1. The molecule has 0 aromatic heterocycles. The van der Waals surface area contributed by atoms with Crippen LogP contribution >= 0.6 is 0 Å². The summed E-state index contributed by atoms with van der Waals surface area (Å²) >= 11 is 0. The number of carbonyl (C=O) groups excluding carboxylic acids is 1. The Balaban J connectivity index is 0.000000257. The van der Waals surface area contributed by atoms with Gasteiger partial charge in [-0.2, -0.15) is 0 Å². The van der Waals surface area contributed by atoms with Gasteiger partial charge in [-0.15, -0.1) is 0 Å². The van der Waals surface area contributed by atoms with Crippen LogP contribution in [0.4, 0.5) is 0 Å². The lowest BCUT2D eigenvalue weighted by Crippen LogP contribution is -2.05. The van der Waals surface area contributed by atoms with Crippen molar-refractivity contribution >= 4 is 5.97 Å². The highest BCUT2D eigenvalue weighted by atomic mass is 16.5. The van der Waals surface area contributed by atoms with Crippen molar-refractivity contribution in [2.24, 2.45) is 0 Å². The van der Waals surface area contributed by atoms with Gasteiger partial charge in [0, 0.05) is 6.61 Å². The first-order valence-electron chi connectivity index (χ1n) is 9.64. The smallest absolute Gasteiger partial charge is 0.338 e. The first-order chi connectivity index (χ1) is 12.2. The van der Waals surface area contributed by atoms with E-state index in [1.807, 2.05) is 6.92 Å². The minimum absolute atomic E-state index is 0.300. The van der Waals surface area contributed by atoms with Crippen LogP contribution < -0.4 is 4.74 Å². The summed E-state index contributed by atoms with van der Waals surface area (Å²) in [6.45, 7) is 5.68. The van der Waals surface area contributed by atoms with E-state index in [-0.39, 0.29) is 5.97 Å². The van der Waals surface area contributed by atoms with Gasteiger partial charge in [-0.05, 0) is 43.9 Å². The molecule has 0 spiro atoms.